The van der Waals surface area contributed by atoms with Gasteiger partial charge in [0.05, 0.1) is 6.10 Å². The molecule has 1 aliphatic rings. The molecule has 3 N–H and O–H groups in total. The van der Waals surface area contributed by atoms with Crippen molar-refractivity contribution in [2.75, 3.05) is 18.8 Å². The Morgan fingerprint density at radius 1 is 1.33 bits per heavy atom. The topological polar surface area (TPSA) is 61.4 Å². The van der Waals surface area contributed by atoms with Gasteiger partial charge >= 0.3 is 6.03 Å². The smallest absolute Gasteiger partial charge is 0.314 e. The van der Waals surface area contributed by atoms with Crippen LogP contribution in [0, 0.1) is 13.8 Å². The van der Waals surface area contributed by atoms with Gasteiger partial charge in [0.1, 0.15) is 0 Å². The third-order valence-corrected chi connectivity index (χ3v) is 5.00. The number of hydrogen-bond donors (Lipinski definition) is 3. The van der Waals surface area contributed by atoms with E-state index in [1.165, 1.54) is 18.6 Å². The molecule has 5 heteroatoms. The van der Waals surface area contributed by atoms with Crippen LogP contribution in [-0.4, -0.2) is 35.2 Å². The van der Waals surface area contributed by atoms with Gasteiger partial charge in [-0.1, -0.05) is 29.3 Å². The number of aliphatic hydroxyl groups is 1. The van der Waals surface area contributed by atoms with E-state index in [0.717, 1.165) is 16.7 Å². The minimum absolute atomic E-state index is 0.203. The lowest BCUT2D eigenvalue weighted by molar-refractivity contribution is 0.173. The molecule has 116 valence electrons. The van der Waals surface area contributed by atoms with E-state index < -0.39 is 6.10 Å². The summed E-state index contributed by atoms with van der Waals surface area (Å²) in [6.07, 6.45) is 1.75. The predicted molar refractivity (Wildman–Crippen MR) is 87.8 cm³/mol. The third-order valence-electron chi connectivity index (χ3n) is 3.60. The Hall–Kier alpha value is -1.20. The van der Waals surface area contributed by atoms with E-state index >= 15 is 0 Å². The Morgan fingerprint density at radius 3 is 2.67 bits per heavy atom. The molecule has 2 atom stereocenters. The van der Waals surface area contributed by atoms with Crippen LogP contribution in [0.25, 0.3) is 0 Å². The molecular formula is C16H24N2O2S. The van der Waals surface area contributed by atoms with Gasteiger partial charge in [-0.25, -0.2) is 4.79 Å². The average molecular weight is 308 g/mol. The van der Waals surface area contributed by atoms with Crippen molar-refractivity contribution in [2.45, 2.75) is 38.0 Å². The molecule has 1 aliphatic heterocycles. The Balaban J connectivity index is 1.74. The Morgan fingerprint density at radius 2 is 2.05 bits per heavy atom. The van der Waals surface area contributed by atoms with Crippen molar-refractivity contribution in [3.8, 4) is 0 Å². The molecule has 0 radical (unpaired) electrons. The molecular weight excluding hydrogens is 284 g/mol. The number of hydrogen-bond acceptors (Lipinski definition) is 3. The number of carbonyl (C=O) groups is 1. The summed E-state index contributed by atoms with van der Waals surface area (Å²) < 4.78 is 0. The number of carbonyl (C=O) groups excluding carboxylic acids is 1. The lowest BCUT2D eigenvalue weighted by atomic mass is 10.0. The maximum atomic E-state index is 11.7. The highest BCUT2D eigenvalue weighted by molar-refractivity contribution is 8.00. The molecule has 1 fully saturated rings. The van der Waals surface area contributed by atoms with Crippen molar-refractivity contribution in [2.24, 2.45) is 0 Å². The maximum Gasteiger partial charge on any atom is 0.314 e. The maximum absolute atomic E-state index is 11.7. The molecule has 0 unspecified atom stereocenters. The van der Waals surface area contributed by atoms with Crippen molar-refractivity contribution >= 4 is 17.8 Å². The van der Waals surface area contributed by atoms with E-state index in [2.05, 4.69) is 16.7 Å². The van der Waals surface area contributed by atoms with Crippen LogP contribution in [0.3, 0.4) is 0 Å². The Kier molecular flexibility index (Phi) is 5.94. The summed E-state index contributed by atoms with van der Waals surface area (Å²) >= 11 is 1.92. The van der Waals surface area contributed by atoms with Gasteiger partial charge in [-0.15, -0.1) is 0 Å². The van der Waals surface area contributed by atoms with Crippen molar-refractivity contribution < 1.29 is 9.90 Å². The van der Waals surface area contributed by atoms with Crippen LogP contribution in [0.4, 0.5) is 4.79 Å². The summed E-state index contributed by atoms with van der Waals surface area (Å²) in [6, 6.07) is 5.76. The molecule has 21 heavy (non-hydrogen) atoms. The second-order valence-electron chi connectivity index (χ2n) is 5.66. The van der Waals surface area contributed by atoms with Crippen LogP contribution >= 0.6 is 11.8 Å². The zero-order valence-electron chi connectivity index (χ0n) is 12.7. The molecule has 2 rings (SSSR count). The number of benzene rings is 1. The number of nitrogens with one attached hydrogen (secondary N) is 2. The third kappa shape index (κ3) is 5.25. The summed E-state index contributed by atoms with van der Waals surface area (Å²) in [5.74, 6) is 1.19. The highest BCUT2D eigenvalue weighted by Crippen LogP contribution is 2.25. The molecule has 2 amide bonds. The van der Waals surface area contributed by atoms with Crippen molar-refractivity contribution in [1.82, 2.24) is 10.6 Å². The minimum Gasteiger partial charge on any atom is -0.387 e. The molecule has 0 spiro atoms. The van der Waals surface area contributed by atoms with Crippen LogP contribution in [0.1, 0.15) is 35.6 Å². The molecule has 1 aromatic rings. The Labute approximate surface area is 130 Å². The molecule has 1 saturated heterocycles. The monoisotopic (exact) mass is 308 g/mol. The predicted octanol–water partition coefficient (Wildman–Crippen LogP) is 2.53. The molecule has 0 aromatic heterocycles. The number of aliphatic hydroxyl groups excluding tert-OH is 1. The van der Waals surface area contributed by atoms with Gasteiger partial charge in [0.2, 0.25) is 0 Å². The van der Waals surface area contributed by atoms with Gasteiger partial charge < -0.3 is 15.7 Å². The minimum atomic E-state index is -0.671. The number of amides is 2. The van der Waals surface area contributed by atoms with Crippen molar-refractivity contribution in [3.05, 3.63) is 34.9 Å². The van der Waals surface area contributed by atoms with Crippen LogP contribution in [-0.2, 0) is 0 Å². The van der Waals surface area contributed by atoms with E-state index in [0.29, 0.717) is 11.8 Å². The fourth-order valence-electron chi connectivity index (χ4n) is 2.58. The second-order valence-corrected chi connectivity index (χ2v) is 7.07. The van der Waals surface area contributed by atoms with E-state index in [9.17, 15) is 9.90 Å². The van der Waals surface area contributed by atoms with Gasteiger partial charge in [-0.05, 0) is 38.0 Å². The number of aryl methyl sites for hydroxylation is 2. The highest BCUT2D eigenvalue weighted by atomic mass is 32.2. The standard InChI is InChI=1S/C16H24N2O2S/c1-11-6-12(2)8-13(7-11)15(19)10-18-16(20)17-9-14-4-3-5-21-14/h6-8,14-15,19H,3-5,9-10H2,1-2H3,(H2,17,18,20)/t14-,15+/m0/s1. The SMILES string of the molecule is Cc1cc(C)cc([C@H](O)CNC(=O)NC[C@@H]2CCCS2)c1. The first-order valence-electron chi connectivity index (χ1n) is 7.44. The summed E-state index contributed by atoms with van der Waals surface area (Å²) in [5.41, 5.74) is 3.08. The lowest BCUT2D eigenvalue weighted by Gasteiger charge is -2.15. The number of rotatable bonds is 5. The molecule has 1 heterocycles. The quantitative estimate of drug-likeness (QED) is 0.783. The number of urea groups is 1. The van der Waals surface area contributed by atoms with Crippen LogP contribution < -0.4 is 10.6 Å². The molecule has 0 aliphatic carbocycles. The van der Waals surface area contributed by atoms with E-state index in [4.69, 9.17) is 0 Å². The molecule has 4 nitrogen and oxygen atoms in total. The van der Waals surface area contributed by atoms with Crippen molar-refractivity contribution in [3.63, 3.8) is 0 Å². The molecule has 0 bridgehead atoms. The lowest BCUT2D eigenvalue weighted by Crippen LogP contribution is -2.40. The first-order valence-corrected chi connectivity index (χ1v) is 8.49. The fraction of sp³-hybridized carbons (Fsp3) is 0.562. The highest BCUT2D eigenvalue weighted by Gasteiger charge is 2.16. The van der Waals surface area contributed by atoms with Gasteiger partial charge in [0.25, 0.3) is 0 Å². The van der Waals surface area contributed by atoms with Crippen LogP contribution in [0.15, 0.2) is 18.2 Å². The average Bonchev–Trinajstić information content (AvgIpc) is 2.94. The fourth-order valence-corrected chi connectivity index (χ4v) is 3.79. The zero-order valence-corrected chi connectivity index (χ0v) is 13.5. The van der Waals surface area contributed by atoms with Crippen LogP contribution in [0.5, 0.6) is 0 Å². The summed E-state index contributed by atoms with van der Waals surface area (Å²) in [6.45, 7) is 4.94. The molecule has 0 saturated carbocycles. The van der Waals surface area contributed by atoms with E-state index in [-0.39, 0.29) is 12.6 Å². The summed E-state index contributed by atoms with van der Waals surface area (Å²) in [4.78, 5) is 11.7. The first kappa shape index (κ1) is 16.2. The summed E-state index contributed by atoms with van der Waals surface area (Å²) in [5, 5.41) is 16.3. The van der Waals surface area contributed by atoms with E-state index in [1.807, 2.05) is 37.7 Å². The first-order chi connectivity index (χ1) is 10.0. The summed E-state index contributed by atoms with van der Waals surface area (Å²) in [7, 11) is 0. The van der Waals surface area contributed by atoms with Gasteiger partial charge in [-0.3, -0.25) is 0 Å². The van der Waals surface area contributed by atoms with Gasteiger partial charge in [0, 0.05) is 18.3 Å². The molecule has 1 aromatic carbocycles. The van der Waals surface area contributed by atoms with Gasteiger partial charge in [-0.2, -0.15) is 11.8 Å². The largest absolute Gasteiger partial charge is 0.387 e. The normalized spacial score (nSPS) is 19.3. The van der Waals surface area contributed by atoms with Crippen LogP contribution in [0.2, 0.25) is 0 Å². The zero-order chi connectivity index (χ0) is 15.2. The van der Waals surface area contributed by atoms with Crippen molar-refractivity contribution in [1.29, 1.82) is 0 Å². The van der Waals surface area contributed by atoms with Gasteiger partial charge in [0.15, 0.2) is 0 Å². The second kappa shape index (κ2) is 7.71. The number of thioether (sulfide) groups is 1. The van der Waals surface area contributed by atoms with E-state index in [1.54, 1.807) is 0 Å². The Bertz CT molecular complexity index is 467.